The molecule has 32 heavy (non-hydrogen) atoms. The number of furan rings is 1. The number of nitrogens with zero attached hydrogens (tertiary/aromatic N) is 1. The summed E-state index contributed by atoms with van der Waals surface area (Å²) in [6.45, 7) is 0. The number of rotatable bonds is 4. The molecule has 0 unspecified atom stereocenters. The van der Waals surface area contributed by atoms with Gasteiger partial charge in [-0.25, -0.2) is 0 Å². The minimum absolute atomic E-state index is 0.844. The van der Waals surface area contributed by atoms with Gasteiger partial charge in [-0.1, -0.05) is 91.0 Å². The van der Waals surface area contributed by atoms with E-state index in [9.17, 15) is 0 Å². The van der Waals surface area contributed by atoms with Crippen LogP contribution in [0.3, 0.4) is 0 Å². The highest BCUT2D eigenvalue weighted by Crippen LogP contribution is 2.36. The van der Waals surface area contributed by atoms with E-state index in [-0.39, 0.29) is 0 Å². The van der Waals surface area contributed by atoms with Crippen molar-refractivity contribution in [3.63, 3.8) is 0 Å². The number of fused-ring (bicyclic) bond motifs is 3. The second-order valence-corrected chi connectivity index (χ2v) is 8.04. The summed E-state index contributed by atoms with van der Waals surface area (Å²) in [6, 6.07) is 37.8. The van der Waals surface area contributed by atoms with Gasteiger partial charge in [-0.3, -0.25) is 4.98 Å². The molecule has 0 aliphatic rings. The normalized spacial score (nSPS) is 11.2. The van der Waals surface area contributed by atoms with Crippen LogP contribution in [0.4, 0.5) is 0 Å². The highest BCUT2D eigenvalue weighted by molar-refractivity contribution is 6.09. The monoisotopic (exact) mass is 411 g/mol. The molecular weight excluding hydrogens is 390 g/mol. The fourth-order valence-electron chi connectivity index (χ4n) is 4.43. The van der Waals surface area contributed by atoms with Crippen molar-refractivity contribution in [2.75, 3.05) is 0 Å². The summed E-state index contributed by atoms with van der Waals surface area (Å²) < 4.78 is 6.27. The van der Waals surface area contributed by atoms with Gasteiger partial charge in [0.05, 0.1) is 5.69 Å². The molecule has 0 fully saturated rings. The van der Waals surface area contributed by atoms with Crippen molar-refractivity contribution in [3.8, 4) is 22.4 Å². The number of hydrogen-bond acceptors (Lipinski definition) is 2. The van der Waals surface area contributed by atoms with Crippen LogP contribution < -0.4 is 0 Å². The Bertz CT molecular complexity index is 1530. The van der Waals surface area contributed by atoms with Crippen LogP contribution in [0, 0.1) is 0 Å². The van der Waals surface area contributed by atoms with Gasteiger partial charge in [0.1, 0.15) is 11.2 Å². The van der Waals surface area contributed by atoms with Crippen LogP contribution in [0.1, 0.15) is 11.1 Å². The van der Waals surface area contributed by atoms with Crippen molar-refractivity contribution in [2.45, 2.75) is 6.42 Å². The molecule has 0 spiro atoms. The summed E-state index contributed by atoms with van der Waals surface area (Å²) >= 11 is 0. The molecule has 0 atom stereocenters. The van der Waals surface area contributed by atoms with E-state index in [1.807, 2.05) is 24.4 Å². The molecule has 152 valence electrons. The van der Waals surface area contributed by atoms with Crippen molar-refractivity contribution in [2.24, 2.45) is 0 Å². The van der Waals surface area contributed by atoms with Crippen molar-refractivity contribution in [1.82, 2.24) is 4.98 Å². The molecule has 0 aliphatic heterocycles. The van der Waals surface area contributed by atoms with Crippen LogP contribution in [-0.4, -0.2) is 4.98 Å². The lowest BCUT2D eigenvalue weighted by atomic mass is 9.94. The lowest BCUT2D eigenvalue weighted by Gasteiger charge is -2.12. The van der Waals surface area contributed by atoms with Crippen molar-refractivity contribution < 1.29 is 4.42 Å². The quantitative estimate of drug-likeness (QED) is 0.295. The number of para-hydroxylation sites is 2. The lowest BCUT2D eigenvalue weighted by Crippen LogP contribution is -1.96. The summed E-state index contributed by atoms with van der Waals surface area (Å²) in [5.41, 5.74) is 8.62. The third-order valence-corrected chi connectivity index (χ3v) is 5.99. The van der Waals surface area contributed by atoms with Gasteiger partial charge in [-0.2, -0.15) is 0 Å². The predicted octanol–water partition coefficient (Wildman–Crippen LogP) is 7.91. The van der Waals surface area contributed by atoms with Crippen LogP contribution in [0.25, 0.3) is 44.3 Å². The van der Waals surface area contributed by atoms with Gasteiger partial charge in [0.15, 0.2) is 0 Å². The van der Waals surface area contributed by atoms with E-state index in [0.29, 0.717) is 0 Å². The Morgan fingerprint density at radius 2 is 1.34 bits per heavy atom. The minimum Gasteiger partial charge on any atom is -0.455 e. The molecule has 0 bridgehead atoms. The molecular formula is C30H21NO. The van der Waals surface area contributed by atoms with Crippen LogP contribution in [0.5, 0.6) is 0 Å². The third kappa shape index (κ3) is 3.27. The topological polar surface area (TPSA) is 26.0 Å². The Hall–Kier alpha value is -4.17. The Morgan fingerprint density at radius 3 is 2.19 bits per heavy atom. The predicted molar refractivity (Wildman–Crippen MR) is 132 cm³/mol. The molecule has 6 aromatic rings. The maximum Gasteiger partial charge on any atom is 0.144 e. The fourth-order valence-corrected chi connectivity index (χ4v) is 4.43. The Kier molecular flexibility index (Phi) is 4.54. The molecule has 2 aromatic heterocycles. The largest absolute Gasteiger partial charge is 0.455 e. The molecule has 6 rings (SSSR count). The second-order valence-electron chi connectivity index (χ2n) is 8.04. The number of aromatic nitrogens is 1. The van der Waals surface area contributed by atoms with Gasteiger partial charge in [-0.05, 0) is 41.3 Å². The standard InChI is InChI=1S/C30H21NO/c1-3-10-21(11-4-1)18-23-19-28(31-20-27(23)22-12-5-2-6-13-22)26-16-9-15-25-24-14-7-8-17-29(24)32-30(25)26/h1-17,19-20H,18H2. The maximum absolute atomic E-state index is 6.27. The molecule has 0 saturated heterocycles. The number of pyridine rings is 1. The van der Waals surface area contributed by atoms with E-state index < -0.39 is 0 Å². The zero-order chi connectivity index (χ0) is 21.3. The van der Waals surface area contributed by atoms with E-state index in [4.69, 9.17) is 9.40 Å². The summed E-state index contributed by atoms with van der Waals surface area (Å²) in [7, 11) is 0. The molecule has 0 aliphatic carbocycles. The first kappa shape index (κ1) is 18.6. The minimum atomic E-state index is 0.844. The molecule has 0 radical (unpaired) electrons. The van der Waals surface area contributed by atoms with Gasteiger partial charge in [-0.15, -0.1) is 0 Å². The van der Waals surface area contributed by atoms with E-state index >= 15 is 0 Å². The average Bonchev–Trinajstić information content (AvgIpc) is 3.24. The molecule has 0 N–H and O–H groups in total. The molecule has 2 heterocycles. The van der Waals surface area contributed by atoms with Gasteiger partial charge >= 0.3 is 0 Å². The average molecular weight is 412 g/mol. The van der Waals surface area contributed by atoms with Crippen LogP contribution in [0.15, 0.2) is 120 Å². The summed E-state index contributed by atoms with van der Waals surface area (Å²) in [6.07, 6.45) is 2.85. The Balaban J connectivity index is 1.54. The van der Waals surface area contributed by atoms with Gasteiger partial charge in [0, 0.05) is 28.1 Å². The van der Waals surface area contributed by atoms with Crippen LogP contribution >= 0.6 is 0 Å². The smallest absolute Gasteiger partial charge is 0.144 e. The zero-order valence-electron chi connectivity index (χ0n) is 17.5. The van der Waals surface area contributed by atoms with Gasteiger partial charge < -0.3 is 4.42 Å². The molecule has 0 amide bonds. The summed E-state index contributed by atoms with van der Waals surface area (Å²) in [5, 5.41) is 2.26. The first-order valence-electron chi connectivity index (χ1n) is 10.9. The number of benzene rings is 4. The third-order valence-electron chi connectivity index (χ3n) is 5.99. The SMILES string of the molecule is c1ccc(Cc2cc(-c3cccc4c3oc3ccccc34)ncc2-c2ccccc2)cc1. The van der Waals surface area contributed by atoms with Gasteiger partial charge in [0.2, 0.25) is 0 Å². The Morgan fingerprint density at radius 1 is 0.625 bits per heavy atom. The Labute approximate surface area is 186 Å². The molecule has 2 nitrogen and oxygen atoms in total. The van der Waals surface area contributed by atoms with Gasteiger partial charge in [0.25, 0.3) is 0 Å². The van der Waals surface area contributed by atoms with Crippen molar-refractivity contribution in [1.29, 1.82) is 0 Å². The van der Waals surface area contributed by atoms with E-state index in [0.717, 1.165) is 45.2 Å². The summed E-state index contributed by atoms with van der Waals surface area (Å²) in [4.78, 5) is 4.89. The second kappa shape index (κ2) is 7.82. The van der Waals surface area contributed by atoms with Crippen LogP contribution in [0.2, 0.25) is 0 Å². The zero-order valence-corrected chi connectivity index (χ0v) is 17.5. The lowest BCUT2D eigenvalue weighted by molar-refractivity contribution is 0.670. The van der Waals surface area contributed by atoms with Crippen LogP contribution in [-0.2, 0) is 6.42 Å². The first-order chi connectivity index (χ1) is 15.9. The fraction of sp³-hybridized carbons (Fsp3) is 0.0333. The summed E-state index contributed by atoms with van der Waals surface area (Å²) in [5.74, 6) is 0. The highest BCUT2D eigenvalue weighted by Gasteiger charge is 2.15. The molecule has 2 heteroatoms. The number of hydrogen-bond donors (Lipinski definition) is 0. The van der Waals surface area contributed by atoms with E-state index in [1.165, 1.54) is 16.7 Å². The van der Waals surface area contributed by atoms with E-state index in [2.05, 4.69) is 91.0 Å². The first-order valence-corrected chi connectivity index (χ1v) is 10.9. The van der Waals surface area contributed by atoms with Crippen molar-refractivity contribution in [3.05, 3.63) is 127 Å². The maximum atomic E-state index is 6.27. The molecule has 4 aromatic carbocycles. The highest BCUT2D eigenvalue weighted by atomic mass is 16.3. The van der Waals surface area contributed by atoms with Crippen molar-refractivity contribution >= 4 is 21.9 Å². The molecule has 0 saturated carbocycles. The van der Waals surface area contributed by atoms with E-state index in [1.54, 1.807) is 0 Å².